The van der Waals surface area contributed by atoms with Gasteiger partial charge in [-0.25, -0.2) is 0 Å². The average molecular weight is 305 g/mol. The van der Waals surface area contributed by atoms with E-state index in [0.717, 1.165) is 24.2 Å². The smallest absolute Gasteiger partial charge is 0.195 e. The lowest BCUT2D eigenvalue weighted by Crippen LogP contribution is -2.07. The molecular weight excluding hydrogens is 286 g/mol. The van der Waals surface area contributed by atoms with Crippen molar-refractivity contribution >= 4 is 12.2 Å². The summed E-state index contributed by atoms with van der Waals surface area (Å²) in [6, 6.07) is 6.26. The molecule has 1 aromatic heterocycles. The van der Waals surface area contributed by atoms with Crippen LogP contribution in [0.1, 0.15) is 31.7 Å². The van der Waals surface area contributed by atoms with Crippen molar-refractivity contribution in [1.29, 1.82) is 0 Å². The number of nitrogens with zero attached hydrogens (tertiary/aromatic N) is 2. The summed E-state index contributed by atoms with van der Waals surface area (Å²) in [6.45, 7) is 0. The molecule has 1 saturated carbocycles. The summed E-state index contributed by atoms with van der Waals surface area (Å²) in [6.07, 6.45) is 4.83. The molecule has 2 aromatic rings. The van der Waals surface area contributed by atoms with Gasteiger partial charge in [-0.3, -0.25) is 9.67 Å². The van der Waals surface area contributed by atoms with E-state index >= 15 is 0 Å². The van der Waals surface area contributed by atoms with E-state index in [1.807, 2.05) is 18.2 Å². The Bertz CT molecular complexity index is 686. The van der Waals surface area contributed by atoms with Crippen molar-refractivity contribution in [1.82, 2.24) is 14.8 Å². The third kappa shape index (κ3) is 2.55. The van der Waals surface area contributed by atoms with Gasteiger partial charge in [0.2, 0.25) is 0 Å². The highest BCUT2D eigenvalue weighted by Gasteiger charge is 2.22. The second-order valence-corrected chi connectivity index (χ2v) is 5.62. The Morgan fingerprint density at radius 3 is 2.57 bits per heavy atom. The maximum Gasteiger partial charge on any atom is 0.195 e. The van der Waals surface area contributed by atoms with Crippen LogP contribution < -0.4 is 9.47 Å². The van der Waals surface area contributed by atoms with Crippen LogP contribution in [0, 0.1) is 4.77 Å². The number of aromatic nitrogens is 3. The van der Waals surface area contributed by atoms with Crippen molar-refractivity contribution in [2.24, 2.45) is 0 Å². The average Bonchev–Trinajstić information content (AvgIpc) is 3.15. The third-order valence-corrected chi connectivity index (χ3v) is 4.32. The van der Waals surface area contributed by atoms with Gasteiger partial charge >= 0.3 is 0 Å². The zero-order chi connectivity index (χ0) is 14.8. The highest BCUT2D eigenvalue weighted by atomic mass is 32.1. The first-order chi connectivity index (χ1) is 10.2. The molecule has 0 spiro atoms. The fourth-order valence-corrected chi connectivity index (χ4v) is 3.27. The van der Waals surface area contributed by atoms with E-state index in [-0.39, 0.29) is 0 Å². The topological polar surface area (TPSA) is 52.1 Å². The molecule has 0 amide bonds. The molecule has 0 bridgehead atoms. The first-order valence-corrected chi connectivity index (χ1v) is 7.54. The van der Waals surface area contributed by atoms with Gasteiger partial charge < -0.3 is 9.47 Å². The van der Waals surface area contributed by atoms with Crippen molar-refractivity contribution in [3.05, 3.63) is 23.0 Å². The van der Waals surface area contributed by atoms with E-state index in [0.29, 0.717) is 22.3 Å². The number of methoxy groups -OCH3 is 2. The number of H-pyrrole nitrogens is 1. The van der Waals surface area contributed by atoms with Crippen LogP contribution in [0.3, 0.4) is 0 Å². The maximum atomic E-state index is 5.41. The second-order valence-electron chi connectivity index (χ2n) is 5.23. The highest BCUT2D eigenvalue weighted by molar-refractivity contribution is 7.71. The molecule has 0 radical (unpaired) electrons. The van der Waals surface area contributed by atoms with E-state index in [9.17, 15) is 0 Å². The van der Waals surface area contributed by atoms with Crippen molar-refractivity contribution < 1.29 is 9.47 Å². The normalized spacial score (nSPS) is 15.3. The molecule has 1 N–H and O–H groups in total. The van der Waals surface area contributed by atoms with Gasteiger partial charge in [-0.2, -0.15) is 5.10 Å². The van der Waals surface area contributed by atoms with Crippen LogP contribution in [0.5, 0.6) is 11.5 Å². The Balaban J connectivity index is 2.06. The fraction of sp³-hybridized carbons (Fsp3) is 0.467. The summed E-state index contributed by atoms with van der Waals surface area (Å²) in [7, 11) is 3.27. The molecule has 1 aromatic carbocycles. The molecule has 0 unspecified atom stereocenters. The Morgan fingerprint density at radius 2 is 1.90 bits per heavy atom. The van der Waals surface area contributed by atoms with Crippen LogP contribution in [0.2, 0.25) is 0 Å². The molecule has 0 saturated heterocycles. The number of rotatable bonds is 4. The van der Waals surface area contributed by atoms with Crippen molar-refractivity contribution in [3.63, 3.8) is 0 Å². The molecule has 112 valence electrons. The number of hydrogen-bond donors (Lipinski definition) is 1. The summed E-state index contributed by atoms with van der Waals surface area (Å²) >= 11 is 5.41. The van der Waals surface area contributed by atoms with Crippen molar-refractivity contribution in [2.45, 2.75) is 31.7 Å². The molecule has 1 aliphatic carbocycles. The summed E-state index contributed by atoms with van der Waals surface area (Å²) in [5, 5.41) is 7.33. The predicted octanol–water partition coefficient (Wildman–Crippen LogP) is 3.74. The van der Waals surface area contributed by atoms with Crippen molar-refractivity contribution in [2.75, 3.05) is 14.2 Å². The Labute approximate surface area is 128 Å². The first kappa shape index (κ1) is 14.1. The van der Waals surface area contributed by atoms with Gasteiger partial charge in [0.25, 0.3) is 0 Å². The minimum absolute atomic E-state index is 0.444. The van der Waals surface area contributed by atoms with E-state index in [1.165, 1.54) is 12.8 Å². The van der Waals surface area contributed by atoms with E-state index in [2.05, 4.69) is 14.8 Å². The number of hydrogen-bond acceptors (Lipinski definition) is 4. The minimum Gasteiger partial charge on any atom is -0.493 e. The molecule has 5 nitrogen and oxygen atoms in total. The van der Waals surface area contributed by atoms with Crippen molar-refractivity contribution in [3.8, 4) is 22.9 Å². The summed E-state index contributed by atoms with van der Waals surface area (Å²) in [4.78, 5) is 0. The molecule has 0 aliphatic heterocycles. The van der Waals surface area contributed by atoms with Crippen LogP contribution in [0.4, 0.5) is 0 Å². The van der Waals surface area contributed by atoms with Crippen LogP contribution in [0.15, 0.2) is 18.2 Å². The molecular formula is C15H19N3O2S. The number of aromatic amines is 1. The quantitative estimate of drug-likeness (QED) is 0.874. The highest BCUT2D eigenvalue weighted by Crippen LogP contribution is 2.36. The molecule has 0 atom stereocenters. The second kappa shape index (κ2) is 5.89. The molecule has 21 heavy (non-hydrogen) atoms. The summed E-state index contributed by atoms with van der Waals surface area (Å²) < 4.78 is 13.5. The Hall–Kier alpha value is -1.82. The standard InChI is InChI=1S/C15H19N3O2S/c1-19-12-8-7-10(9-13(12)20-2)14-16-17-15(21)18(14)11-5-3-4-6-11/h7-9,11H,3-6H2,1-2H3,(H,17,21). The third-order valence-electron chi connectivity index (χ3n) is 4.04. The van der Waals surface area contributed by atoms with Gasteiger partial charge in [0.05, 0.1) is 14.2 Å². The number of benzene rings is 1. The summed E-state index contributed by atoms with van der Waals surface area (Å²) in [5.41, 5.74) is 0.979. The Kier molecular flexibility index (Phi) is 3.96. The Morgan fingerprint density at radius 1 is 1.19 bits per heavy atom. The largest absolute Gasteiger partial charge is 0.493 e. The van der Waals surface area contributed by atoms with Gasteiger partial charge in [-0.15, -0.1) is 0 Å². The van der Waals surface area contributed by atoms with E-state index in [1.54, 1.807) is 14.2 Å². The monoisotopic (exact) mass is 305 g/mol. The van der Waals surface area contributed by atoms with Gasteiger partial charge in [-0.1, -0.05) is 12.8 Å². The minimum atomic E-state index is 0.444. The molecule has 1 fully saturated rings. The summed E-state index contributed by atoms with van der Waals surface area (Å²) in [5.74, 6) is 2.28. The van der Waals surface area contributed by atoms with Crippen LogP contribution in [0.25, 0.3) is 11.4 Å². The fourth-order valence-electron chi connectivity index (χ4n) is 2.98. The number of nitrogens with one attached hydrogen (secondary N) is 1. The van der Waals surface area contributed by atoms with E-state index < -0.39 is 0 Å². The molecule has 1 aliphatic rings. The van der Waals surface area contributed by atoms with Gasteiger partial charge in [-0.05, 0) is 43.3 Å². The lowest BCUT2D eigenvalue weighted by molar-refractivity contribution is 0.355. The van der Waals surface area contributed by atoms with Gasteiger partial charge in [0, 0.05) is 11.6 Å². The zero-order valence-corrected chi connectivity index (χ0v) is 13.1. The lowest BCUT2D eigenvalue weighted by atomic mass is 10.1. The zero-order valence-electron chi connectivity index (χ0n) is 12.3. The number of ether oxygens (including phenoxy) is 2. The molecule has 1 heterocycles. The van der Waals surface area contributed by atoms with Crippen LogP contribution >= 0.6 is 12.2 Å². The van der Waals surface area contributed by atoms with Gasteiger partial charge in [0.15, 0.2) is 22.1 Å². The van der Waals surface area contributed by atoms with Gasteiger partial charge in [0.1, 0.15) is 0 Å². The lowest BCUT2D eigenvalue weighted by Gasteiger charge is -2.15. The molecule has 3 rings (SSSR count). The maximum absolute atomic E-state index is 5.41. The SMILES string of the molecule is COc1ccc(-c2n[nH]c(=S)n2C2CCCC2)cc1OC. The molecule has 6 heteroatoms. The van der Waals surface area contributed by atoms with Crippen LogP contribution in [-0.4, -0.2) is 29.0 Å². The first-order valence-electron chi connectivity index (χ1n) is 7.14. The van der Waals surface area contributed by atoms with E-state index in [4.69, 9.17) is 21.7 Å². The van der Waals surface area contributed by atoms with Crippen LogP contribution in [-0.2, 0) is 0 Å². The predicted molar refractivity (Wildman–Crippen MR) is 83.5 cm³/mol.